The van der Waals surface area contributed by atoms with Crippen molar-refractivity contribution in [1.29, 1.82) is 0 Å². The van der Waals surface area contributed by atoms with Crippen LogP contribution in [0.5, 0.6) is 11.5 Å². The maximum Gasteiger partial charge on any atom is 0.255 e. The normalized spacial score (nSPS) is 10.4. The summed E-state index contributed by atoms with van der Waals surface area (Å²) in [6.07, 6.45) is 5.31. The molecule has 0 bridgehead atoms. The van der Waals surface area contributed by atoms with E-state index in [0.29, 0.717) is 30.2 Å². The molecular weight excluding hydrogens is 332 g/mol. The van der Waals surface area contributed by atoms with Crippen LogP contribution in [-0.4, -0.2) is 41.2 Å². The Morgan fingerprint density at radius 3 is 2.69 bits per heavy atom. The Balaban J connectivity index is 1.67. The summed E-state index contributed by atoms with van der Waals surface area (Å²) >= 11 is 0. The third kappa shape index (κ3) is 3.66. The minimum absolute atomic E-state index is 0.222. The van der Waals surface area contributed by atoms with Crippen molar-refractivity contribution in [2.75, 3.05) is 20.8 Å². The van der Waals surface area contributed by atoms with Crippen LogP contribution in [-0.2, 0) is 6.54 Å². The van der Waals surface area contributed by atoms with E-state index in [1.54, 1.807) is 30.6 Å². The minimum Gasteiger partial charge on any atom is -0.493 e. The zero-order valence-corrected chi connectivity index (χ0v) is 14.7. The molecule has 3 rings (SSSR count). The van der Waals surface area contributed by atoms with Crippen LogP contribution in [0.2, 0.25) is 0 Å². The van der Waals surface area contributed by atoms with Crippen molar-refractivity contribution in [2.45, 2.75) is 6.54 Å². The van der Waals surface area contributed by atoms with Gasteiger partial charge in [-0.15, -0.1) is 0 Å². The first kappa shape index (κ1) is 17.5. The number of nitrogens with one attached hydrogen (secondary N) is 1. The lowest BCUT2D eigenvalue weighted by molar-refractivity contribution is 0.0948. The summed E-state index contributed by atoms with van der Waals surface area (Å²) in [5.74, 6) is 1.48. The number of carbonyl (C=O) groups is 1. The molecule has 26 heavy (non-hydrogen) atoms. The first-order valence-electron chi connectivity index (χ1n) is 8.16. The number of pyridine rings is 1. The van der Waals surface area contributed by atoms with Crippen LogP contribution in [0, 0.1) is 0 Å². The van der Waals surface area contributed by atoms with Crippen LogP contribution in [0.15, 0.2) is 55.0 Å². The summed E-state index contributed by atoms with van der Waals surface area (Å²) in [5, 5.41) is 2.90. The molecule has 7 heteroatoms. The topological polar surface area (TPSA) is 78.3 Å². The molecule has 2 aromatic heterocycles. The highest BCUT2D eigenvalue weighted by atomic mass is 16.5. The van der Waals surface area contributed by atoms with E-state index in [2.05, 4.69) is 15.3 Å². The highest BCUT2D eigenvalue weighted by Crippen LogP contribution is 2.30. The Bertz CT molecular complexity index is 878. The quantitative estimate of drug-likeness (QED) is 0.706. The molecule has 0 aliphatic carbocycles. The molecule has 0 aliphatic rings. The van der Waals surface area contributed by atoms with Gasteiger partial charge in [0, 0.05) is 31.7 Å². The fourth-order valence-electron chi connectivity index (χ4n) is 2.67. The van der Waals surface area contributed by atoms with Crippen LogP contribution >= 0.6 is 0 Å². The van der Waals surface area contributed by atoms with E-state index in [0.717, 1.165) is 11.5 Å². The predicted octanol–water partition coefficient (Wildman–Crippen LogP) is 2.39. The number of hydrogen-bond donors (Lipinski definition) is 1. The van der Waals surface area contributed by atoms with Crippen LogP contribution in [0.3, 0.4) is 0 Å². The predicted molar refractivity (Wildman–Crippen MR) is 97.3 cm³/mol. The number of nitrogens with zero attached hydrogens (tertiary/aromatic N) is 3. The minimum atomic E-state index is -0.222. The number of ether oxygens (including phenoxy) is 2. The van der Waals surface area contributed by atoms with Gasteiger partial charge in [0.25, 0.3) is 5.91 Å². The Morgan fingerprint density at radius 1 is 1.08 bits per heavy atom. The van der Waals surface area contributed by atoms with E-state index in [1.165, 1.54) is 14.2 Å². The highest BCUT2D eigenvalue weighted by Gasteiger charge is 2.16. The number of imidazole rings is 1. The van der Waals surface area contributed by atoms with Gasteiger partial charge in [0.1, 0.15) is 5.69 Å². The molecule has 0 aliphatic heterocycles. The number of amides is 1. The lowest BCUT2D eigenvalue weighted by Crippen LogP contribution is -2.27. The Labute approximate surface area is 151 Å². The van der Waals surface area contributed by atoms with Crippen molar-refractivity contribution in [3.63, 3.8) is 0 Å². The molecule has 0 saturated carbocycles. The summed E-state index contributed by atoms with van der Waals surface area (Å²) in [4.78, 5) is 21.1. The van der Waals surface area contributed by atoms with Gasteiger partial charge < -0.3 is 19.4 Å². The third-order valence-electron chi connectivity index (χ3n) is 3.90. The number of rotatable bonds is 7. The first-order chi connectivity index (χ1) is 12.7. The van der Waals surface area contributed by atoms with Crippen LogP contribution in [0.1, 0.15) is 10.4 Å². The van der Waals surface area contributed by atoms with Gasteiger partial charge in [0.05, 0.1) is 19.8 Å². The lowest BCUT2D eigenvalue weighted by Gasteiger charge is -2.13. The third-order valence-corrected chi connectivity index (χ3v) is 3.90. The summed E-state index contributed by atoms with van der Waals surface area (Å²) in [5.41, 5.74) is 1.22. The zero-order chi connectivity index (χ0) is 18.4. The van der Waals surface area contributed by atoms with Gasteiger partial charge in [-0.2, -0.15) is 0 Å². The van der Waals surface area contributed by atoms with E-state index < -0.39 is 0 Å². The molecule has 0 atom stereocenters. The van der Waals surface area contributed by atoms with Gasteiger partial charge in [-0.05, 0) is 24.3 Å². The molecular formula is C19H20N4O3. The van der Waals surface area contributed by atoms with Crippen molar-refractivity contribution in [3.8, 4) is 23.0 Å². The van der Waals surface area contributed by atoms with Gasteiger partial charge >= 0.3 is 0 Å². The monoisotopic (exact) mass is 352 g/mol. The van der Waals surface area contributed by atoms with Gasteiger partial charge in [-0.3, -0.25) is 9.78 Å². The lowest BCUT2D eigenvalue weighted by atomic mass is 10.1. The van der Waals surface area contributed by atoms with E-state index >= 15 is 0 Å². The van der Waals surface area contributed by atoms with E-state index in [9.17, 15) is 4.79 Å². The van der Waals surface area contributed by atoms with Crippen LogP contribution in [0.4, 0.5) is 0 Å². The van der Waals surface area contributed by atoms with Crippen LogP contribution in [0.25, 0.3) is 11.5 Å². The van der Waals surface area contributed by atoms with Gasteiger partial charge in [0.15, 0.2) is 17.3 Å². The number of carbonyl (C=O) groups excluding carboxylic acids is 1. The van der Waals surface area contributed by atoms with E-state index in [4.69, 9.17) is 9.47 Å². The van der Waals surface area contributed by atoms with Gasteiger partial charge in [0.2, 0.25) is 0 Å². The molecule has 1 aromatic carbocycles. The zero-order valence-electron chi connectivity index (χ0n) is 14.7. The second-order valence-electron chi connectivity index (χ2n) is 5.46. The summed E-state index contributed by atoms with van der Waals surface area (Å²) in [6.45, 7) is 1.01. The van der Waals surface area contributed by atoms with Crippen molar-refractivity contribution in [3.05, 3.63) is 60.6 Å². The second kappa shape index (κ2) is 8.15. The Hall–Kier alpha value is -3.35. The molecule has 7 nitrogen and oxygen atoms in total. The van der Waals surface area contributed by atoms with Crippen molar-refractivity contribution < 1.29 is 14.3 Å². The molecule has 0 radical (unpaired) electrons. The fraction of sp³-hybridized carbons (Fsp3) is 0.211. The molecule has 1 amide bonds. The van der Waals surface area contributed by atoms with Crippen LogP contribution < -0.4 is 14.8 Å². The highest BCUT2D eigenvalue weighted by molar-refractivity contribution is 5.97. The fourth-order valence-corrected chi connectivity index (χ4v) is 2.67. The second-order valence-corrected chi connectivity index (χ2v) is 5.46. The summed E-state index contributed by atoms with van der Waals surface area (Å²) in [6, 6.07) is 10.9. The molecule has 0 saturated heterocycles. The van der Waals surface area contributed by atoms with Gasteiger partial charge in [-0.25, -0.2) is 4.98 Å². The average molecular weight is 352 g/mol. The SMILES string of the molecule is COc1cccc(C(=O)NCCn2ccnc2-c2ccccn2)c1OC. The molecule has 0 fully saturated rings. The number of methoxy groups -OCH3 is 2. The number of aromatic nitrogens is 3. The average Bonchev–Trinajstić information content (AvgIpc) is 3.16. The molecule has 0 unspecified atom stereocenters. The number of para-hydroxylation sites is 1. The van der Waals surface area contributed by atoms with E-state index in [1.807, 2.05) is 29.0 Å². The summed E-state index contributed by atoms with van der Waals surface area (Å²) < 4.78 is 12.5. The standard InChI is InChI=1S/C19H20N4O3/c1-25-16-8-5-6-14(17(16)26-2)19(24)22-11-13-23-12-10-21-18(23)15-7-3-4-9-20-15/h3-10,12H,11,13H2,1-2H3,(H,22,24). The van der Waals surface area contributed by atoms with Gasteiger partial charge in [-0.1, -0.05) is 12.1 Å². The number of hydrogen-bond acceptors (Lipinski definition) is 5. The van der Waals surface area contributed by atoms with Crippen molar-refractivity contribution in [1.82, 2.24) is 19.9 Å². The Kier molecular flexibility index (Phi) is 5.48. The maximum atomic E-state index is 12.5. The largest absolute Gasteiger partial charge is 0.493 e. The maximum absolute atomic E-state index is 12.5. The summed E-state index contributed by atoms with van der Waals surface area (Å²) in [7, 11) is 3.05. The smallest absolute Gasteiger partial charge is 0.255 e. The molecule has 2 heterocycles. The number of benzene rings is 1. The first-order valence-corrected chi connectivity index (χ1v) is 8.16. The molecule has 1 N–H and O–H groups in total. The molecule has 3 aromatic rings. The van der Waals surface area contributed by atoms with Crippen molar-refractivity contribution in [2.24, 2.45) is 0 Å². The Morgan fingerprint density at radius 2 is 1.96 bits per heavy atom. The molecule has 134 valence electrons. The van der Waals surface area contributed by atoms with E-state index in [-0.39, 0.29) is 5.91 Å². The van der Waals surface area contributed by atoms with Crippen molar-refractivity contribution >= 4 is 5.91 Å². The molecule has 0 spiro atoms.